The summed E-state index contributed by atoms with van der Waals surface area (Å²) in [7, 11) is 0. The molecule has 0 aliphatic heterocycles. The summed E-state index contributed by atoms with van der Waals surface area (Å²) in [5.74, 6) is -0.0804. The van der Waals surface area contributed by atoms with Gasteiger partial charge in [0.05, 0.1) is 30.7 Å². The highest BCUT2D eigenvalue weighted by molar-refractivity contribution is 5.90. The van der Waals surface area contributed by atoms with Gasteiger partial charge in [-0.1, -0.05) is 0 Å². The number of carbonyl (C=O) groups is 1. The van der Waals surface area contributed by atoms with Crippen LogP contribution in [0, 0.1) is 0 Å². The van der Waals surface area contributed by atoms with Crippen LogP contribution in [0.25, 0.3) is 0 Å². The summed E-state index contributed by atoms with van der Waals surface area (Å²) in [6.45, 7) is 0. The molecule has 7 heteroatoms. The van der Waals surface area contributed by atoms with Crippen LogP contribution in [0.3, 0.4) is 0 Å². The van der Waals surface area contributed by atoms with Crippen molar-refractivity contribution in [3.63, 3.8) is 0 Å². The number of aromatic nitrogens is 4. The maximum atomic E-state index is 11.6. The second-order valence-electron chi connectivity index (χ2n) is 3.27. The van der Waals surface area contributed by atoms with Crippen molar-refractivity contribution < 1.29 is 4.79 Å². The lowest BCUT2D eigenvalue weighted by Crippen LogP contribution is -2.17. The lowest BCUT2D eigenvalue weighted by Gasteiger charge is -2.02. The van der Waals surface area contributed by atoms with E-state index in [0.29, 0.717) is 11.4 Å². The van der Waals surface area contributed by atoms with Crippen LogP contribution in [0.5, 0.6) is 0 Å². The number of hydrogen-bond donors (Lipinski definition) is 2. The Morgan fingerprint density at radius 3 is 2.82 bits per heavy atom. The largest absolute Gasteiger partial charge is 0.397 e. The van der Waals surface area contributed by atoms with Gasteiger partial charge in [-0.25, -0.2) is 4.98 Å². The summed E-state index contributed by atoms with van der Waals surface area (Å²) in [4.78, 5) is 19.4. The Balaban J connectivity index is 1.96. The van der Waals surface area contributed by atoms with E-state index in [1.165, 1.54) is 18.6 Å². The number of nitrogens with zero attached hydrogens (tertiary/aromatic N) is 4. The van der Waals surface area contributed by atoms with Gasteiger partial charge < -0.3 is 5.73 Å². The summed E-state index contributed by atoms with van der Waals surface area (Å²) < 4.78 is 0. The monoisotopic (exact) mass is 230 g/mol. The molecule has 0 aromatic carbocycles. The maximum Gasteiger partial charge on any atom is 0.249 e. The molecule has 2 heterocycles. The highest BCUT2D eigenvalue weighted by Crippen LogP contribution is 2.03. The highest BCUT2D eigenvalue weighted by atomic mass is 16.1. The van der Waals surface area contributed by atoms with E-state index in [1.807, 2.05) is 0 Å². The average Bonchev–Trinajstić information content (AvgIpc) is 2.33. The molecule has 0 atom stereocenters. The molecule has 2 aromatic rings. The third-order valence-corrected chi connectivity index (χ3v) is 1.92. The first-order chi connectivity index (χ1) is 8.24. The standard InChI is InChI=1S/C10H10N6O/c11-7-1-2-8(13-6-7)5-9(17)15-10-12-3-4-14-16-10/h1-4,6H,5,11H2,(H,12,15,16,17). The van der Waals surface area contributed by atoms with Crippen LogP contribution in [0.4, 0.5) is 11.6 Å². The number of nitrogen functional groups attached to an aromatic ring is 1. The molecule has 1 amide bonds. The summed E-state index contributed by atoms with van der Waals surface area (Å²) in [6.07, 6.45) is 4.52. The fraction of sp³-hybridized carbons (Fsp3) is 0.100. The van der Waals surface area contributed by atoms with E-state index in [1.54, 1.807) is 12.1 Å². The Kier molecular flexibility index (Phi) is 3.20. The first-order valence-electron chi connectivity index (χ1n) is 4.88. The van der Waals surface area contributed by atoms with Crippen molar-refractivity contribution in [1.29, 1.82) is 0 Å². The predicted molar refractivity (Wildman–Crippen MR) is 60.8 cm³/mol. The van der Waals surface area contributed by atoms with Crippen LogP contribution in [-0.4, -0.2) is 26.1 Å². The molecule has 17 heavy (non-hydrogen) atoms. The Bertz CT molecular complexity index is 498. The van der Waals surface area contributed by atoms with Gasteiger partial charge in [-0.05, 0) is 12.1 Å². The summed E-state index contributed by atoms with van der Waals surface area (Å²) in [5.41, 5.74) is 6.68. The van der Waals surface area contributed by atoms with E-state index in [2.05, 4.69) is 25.5 Å². The molecule has 0 aliphatic carbocycles. The van der Waals surface area contributed by atoms with Crippen molar-refractivity contribution in [2.45, 2.75) is 6.42 Å². The molecule has 0 aliphatic rings. The van der Waals surface area contributed by atoms with Crippen LogP contribution in [0.2, 0.25) is 0 Å². The second-order valence-corrected chi connectivity index (χ2v) is 3.27. The number of amides is 1. The molecule has 0 bridgehead atoms. The molecule has 2 aromatic heterocycles. The van der Waals surface area contributed by atoms with Crippen molar-refractivity contribution in [3.8, 4) is 0 Å². The molecule has 0 fully saturated rings. The average molecular weight is 230 g/mol. The van der Waals surface area contributed by atoms with Crippen LogP contribution in [0.1, 0.15) is 5.69 Å². The van der Waals surface area contributed by atoms with Gasteiger partial charge in [-0.15, -0.1) is 5.10 Å². The molecule has 0 radical (unpaired) electrons. The highest BCUT2D eigenvalue weighted by Gasteiger charge is 2.06. The zero-order chi connectivity index (χ0) is 12.1. The van der Waals surface area contributed by atoms with Crippen molar-refractivity contribution in [2.24, 2.45) is 0 Å². The number of carbonyl (C=O) groups excluding carboxylic acids is 1. The minimum atomic E-state index is -0.254. The minimum Gasteiger partial charge on any atom is -0.397 e. The topological polar surface area (TPSA) is 107 Å². The number of anilines is 2. The van der Waals surface area contributed by atoms with Crippen LogP contribution in [-0.2, 0) is 11.2 Å². The van der Waals surface area contributed by atoms with E-state index in [-0.39, 0.29) is 18.3 Å². The van der Waals surface area contributed by atoms with Crippen LogP contribution >= 0.6 is 0 Å². The van der Waals surface area contributed by atoms with Gasteiger partial charge in [0, 0.05) is 5.69 Å². The van der Waals surface area contributed by atoms with Crippen molar-refractivity contribution >= 4 is 17.5 Å². The Hall–Kier alpha value is -2.57. The fourth-order valence-electron chi connectivity index (χ4n) is 1.18. The molecule has 7 nitrogen and oxygen atoms in total. The van der Waals surface area contributed by atoms with Gasteiger partial charge in [0.15, 0.2) is 0 Å². The first kappa shape index (κ1) is 10.9. The van der Waals surface area contributed by atoms with Gasteiger partial charge in [0.2, 0.25) is 11.9 Å². The van der Waals surface area contributed by atoms with Crippen LogP contribution < -0.4 is 11.1 Å². The number of nitrogens with two attached hydrogens (primary N) is 1. The predicted octanol–water partition coefficient (Wildman–Crippen LogP) is 0.0300. The fourth-order valence-corrected chi connectivity index (χ4v) is 1.18. The minimum absolute atomic E-state index is 0.137. The van der Waals surface area contributed by atoms with Crippen molar-refractivity contribution in [2.75, 3.05) is 11.1 Å². The Morgan fingerprint density at radius 1 is 1.29 bits per heavy atom. The molecular weight excluding hydrogens is 220 g/mol. The summed E-state index contributed by atoms with van der Waals surface area (Å²) in [5, 5.41) is 9.75. The lowest BCUT2D eigenvalue weighted by atomic mass is 10.2. The van der Waals surface area contributed by atoms with E-state index >= 15 is 0 Å². The quantitative estimate of drug-likeness (QED) is 0.770. The smallest absolute Gasteiger partial charge is 0.249 e. The summed E-state index contributed by atoms with van der Waals surface area (Å²) in [6, 6.07) is 3.38. The molecule has 0 spiro atoms. The number of pyridine rings is 1. The van der Waals surface area contributed by atoms with Crippen molar-refractivity contribution in [3.05, 3.63) is 36.4 Å². The van der Waals surface area contributed by atoms with Crippen LogP contribution in [0.15, 0.2) is 30.7 Å². The van der Waals surface area contributed by atoms with Gasteiger partial charge >= 0.3 is 0 Å². The molecule has 0 saturated carbocycles. The molecule has 0 saturated heterocycles. The van der Waals surface area contributed by atoms with E-state index in [0.717, 1.165) is 0 Å². The third kappa shape index (κ3) is 3.20. The SMILES string of the molecule is Nc1ccc(CC(=O)Nc2nccnn2)nc1. The van der Waals surface area contributed by atoms with Gasteiger partial charge in [-0.2, -0.15) is 5.10 Å². The Labute approximate surface area is 97.1 Å². The Morgan fingerprint density at radius 2 is 2.18 bits per heavy atom. The first-order valence-corrected chi connectivity index (χ1v) is 4.88. The normalized spacial score (nSPS) is 9.88. The zero-order valence-electron chi connectivity index (χ0n) is 8.87. The zero-order valence-corrected chi connectivity index (χ0v) is 8.87. The number of rotatable bonds is 3. The molecule has 3 N–H and O–H groups in total. The molecule has 0 unspecified atom stereocenters. The molecular formula is C10H10N6O. The molecule has 2 rings (SSSR count). The second kappa shape index (κ2) is 4.97. The van der Waals surface area contributed by atoms with E-state index < -0.39 is 0 Å². The number of nitrogens with one attached hydrogen (secondary N) is 1. The third-order valence-electron chi connectivity index (χ3n) is 1.92. The lowest BCUT2D eigenvalue weighted by molar-refractivity contribution is -0.115. The van der Waals surface area contributed by atoms with Gasteiger partial charge in [0.1, 0.15) is 0 Å². The van der Waals surface area contributed by atoms with Crippen molar-refractivity contribution in [1.82, 2.24) is 20.2 Å². The summed E-state index contributed by atoms with van der Waals surface area (Å²) >= 11 is 0. The molecule has 86 valence electrons. The van der Waals surface area contributed by atoms with Gasteiger partial charge in [0.25, 0.3) is 0 Å². The number of hydrogen-bond acceptors (Lipinski definition) is 6. The van der Waals surface area contributed by atoms with E-state index in [4.69, 9.17) is 5.73 Å². The maximum absolute atomic E-state index is 11.6. The van der Waals surface area contributed by atoms with Gasteiger partial charge in [-0.3, -0.25) is 15.1 Å². The van der Waals surface area contributed by atoms with E-state index in [9.17, 15) is 4.79 Å².